The van der Waals surface area contributed by atoms with E-state index < -0.39 is 10.0 Å². The number of halogens is 1. The first kappa shape index (κ1) is 25.2. The first-order valence-corrected chi connectivity index (χ1v) is 14.2. The van der Waals surface area contributed by atoms with Crippen molar-refractivity contribution in [2.75, 3.05) is 36.8 Å². The first-order chi connectivity index (χ1) is 18.9. The van der Waals surface area contributed by atoms with Crippen molar-refractivity contribution in [3.8, 4) is 22.5 Å². The second-order valence-corrected chi connectivity index (χ2v) is 11.5. The number of anilines is 2. The van der Waals surface area contributed by atoms with Crippen molar-refractivity contribution < 1.29 is 8.42 Å². The molecule has 5 aromatic rings. The molecule has 0 saturated carbocycles. The highest BCUT2D eigenvalue weighted by atomic mass is 35.5. The lowest BCUT2D eigenvalue weighted by molar-refractivity contribution is 0.384. The van der Waals surface area contributed by atoms with Crippen LogP contribution < -0.4 is 10.6 Å². The summed E-state index contributed by atoms with van der Waals surface area (Å²) in [6, 6.07) is 23.7. The Labute approximate surface area is 231 Å². The van der Waals surface area contributed by atoms with Gasteiger partial charge >= 0.3 is 0 Å². The molecule has 2 aromatic carbocycles. The molecule has 39 heavy (non-hydrogen) atoms. The third kappa shape index (κ3) is 5.01. The molecule has 1 saturated heterocycles. The molecule has 1 aliphatic rings. The topological polar surface area (TPSA) is 118 Å². The van der Waals surface area contributed by atoms with Gasteiger partial charge in [-0.2, -0.15) is 4.31 Å². The third-order valence-corrected chi connectivity index (χ3v) is 8.83. The van der Waals surface area contributed by atoms with Crippen LogP contribution in [0.15, 0.2) is 90.0 Å². The van der Waals surface area contributed by atoms with E-state index in [9.17, 15) is 8.42 Å². The molecule has 6 rings (SSSR count). The number of benzene rings is 2. The fourth-order valence-electron chi connectivity index (χ4n) is 4.63. The van der Waals surface area contributed by atoms with Crippen LogP contribution in [0.4, 0.5) is 11.8 Å². The van der Waals surface area contributed by atoms with Gasteiger partial charge in [-0.1, -0.05) is 41.9 Å². The second kappa shape index (κ2) is 10.2. The maximum Gasteiger partial charge on any atom is 0.243 e. The van der Waals surface area contributed by atoms with Gasteiger partial charge in [-0.15, -0.1) is 0 Å². The van der Waals surface area contributed by atoms with Crippen LogP contribution >= 0.6 is 11.6 Å². The van der Waals surface area contributed by atoms with Gasteiger partial charge in [0.1, 0.15) is 17.0 Å². The van der Waals surface area contributed by atoms with E-state index in [0.29, 0.717) is 47.9 Å². The number of nitrogen functional groups attached to an aromatic ring is 1. The molecular weight excluding hydrogens is 534 g/mol. The van der Waals surface area contributed by atoms with Crippen LogP contribution in [0.5, 0.6) is 0 Å². The average Bonchev–Trinajstić information content (AvgIpc) is 2.97. The zero-order valence-corrected chi connectivity index (χ0v) is 22.3. The number of sulfonamides is 1. The van der Waals surface area contributed by atoms with Gasteiger partial charge in [0.25, 0.3) is 0 Å². The molecule has 0 radical (unpaired) electrons. The molecule has 0 unspecified atom stereocenters. The fraction of sp³-hybridized carbons (Fsp3) is 0.143. The van der Waals surface area contributed by atoms with Gasteiger partial charge in [-0.3, -0.25) is 0 Å². The molecule has 0 atom stereocenters. The number of nitrogens with two attached hydrogens (primary N) is 1. The lowest BCUT2D eigenvalue weighted by Gasteiger charge is -2.34. The summed E-state index contributed by atoms with van der Waals surface area (Å²) in [4.78, 5) is 20.6. The highest BCUT2D eigenvalue weighted by molar-refractivity contribution is 7.89. The van der Waals surface area contributed by atoms with Crippen LogP contribution in [0.25, 0.3) is 33.5 Å². The van der Waals surface area contributed by atoms with E-state index in [2.05, 4.69) is 19.9 Å². The Kier molecular flexibility index (Phi) is 6.59. The van der Waals surface area contributed by atoms with Gasteiger partial charge in [-0.05, 0) is 48.5 Å². The Morgan fingerprint density at radius 2 is 1.51 bits per heavy atom. The van der Waals surface area contributed by atoms with Crippen molar-refractivity contribution in [2.45, 2.75) is 4.90 Å². The van der Waals surface area contributed by atoms with E-state index in [0.717, 1.165) is 22.6 Å². The fourth-order valence-corrected chi connectivity index (χ4v) is 6.18. The number of hydrogen-bond acceptors (Lipinski definition) is 8. The lowest BCUT2D eigenvalue weighted by Crippen LogP contribution is -2.48. The Hall–Kier alpha value is -4.12. The van der Waals surface area contributed by atoms with E-state index in [1.54, 1.807) is 18.3 Å². The van der Waals surface area contributed by atoms with Crippen LogP contribution in [0, 0.1) is 0 Å². The van der Waals surface area contributed by atoms with Crippen molar-refractivity contribution in [1.82, 2.24) is 24.2 Å². The summed E-state index contributed by atoms with van der Waals surface area (Å²) in [5.41, 5.74) is 10.5. The lowest BCUT2D eigenvalue weighted by atomic mass is 10.1. The van der Waals surface area contributed by atoms with Crippen molar-refractivity contribution >= 4 is 44.4 Å². The van der Waals surface area contributed by atoms with Crippen LogP contribution in [0.3, 0.4) is 0 Å². The molecular formula is C28H24ClN7O2S. The van der Waals surface area contributed by atoms with Crippen molar-refractivity contribution in [3.63, 3.8) is 0 Å². The molecule has 11 heteroatoms. The second-order valence-electron chi connectivity index (χ2n) is 9.11. The van der Waals surface area contributed by atoms with Gasteiger partial charge < -0.3 is 10.6 Å². The van der Waals surface area contributed by atoms with Gasteiger partial charge in [0.15, 0.2) is 0 Å². The largest absolute Gasteiger partial charge is 0.368 e. The minimum absolute atomic E-state index is 0.197. The summed E-state index contributed by atoms with van der Waals surface area (Å²) in [5, 5.41) is 0.502. The third-order valence-electron chi connectivity index (χ3n) is 6.66. The zero-order chi connectivity index (χ0) is 27.0. The smallest absolute Gasteiger partial charge is 0.243 e. The number of aromatic nitrogens is 4. The minimum Gasteiger partial charge on any atom is -0.368 e. The standard InChI is InChI=1S/C28H24ClN7O2S/c29-21-7-9-22(10-8-21)39(37,38)36-16-14-35(15-17-36)25-13-6-20(18-31-25)23-11-12-24-27(32-23)26(34-28(30)33-24)19-4-2-1-3-5-19/h1-13,18H,14-17H2,(H2,30,33,34). The summed E-state index contributed by atoms with van der Waals surface area (Å²) in [7, 11) is -3.57. The molecule has 2 N–H and O–H groups in total. The van der Waals surface area contributed by atoms with Gasteiger partial charge in [0.05, 0.1) is 16.1 Å². The predicted octanol–water partition coefficient (Wildman–Crippen LogP) is 4.50. The SMILES string of the molecule is Nc1nc(-c2ccccc2)c2nc(-c3ccc(N4CCN(S(=O)(=O)c5ccc(Cl)cc5)CC4)nc3)ccc2n1. The minimum atomic E-state index is -3.57. The summed E-state index contributed by atoms with van der Waals surface area (Å²) in [6.07, 6.45) is 1.78. The summed E-state index contributed by atoms with van der Waals surface area (Å²) in [6.45, 7) is 1.80. The van der Waals surface area contributed by atoms with E-state index in [1.165, 1.54) is 16.4 Å². The number of fused-ring (bicyclic) bond motifs is 1. The summed E-state index contributed by atoms with van der Waals surface area (Å²) >= 11 is 5.91. The maximum atomic E-state index is 13.0. The molecule has 0 bridgehead atoms. The molecule has 9 nitrogen and oxygen atoms in total. The highest BCUT2D eigenvalue weighted by Gasteiger charge is 2.29. The molecule has 0 amide bonds. The van der Waals surface area contributed by atoms with Crippen LogP contribution in [-0.4, -0.2) is 58.8 Å². The Balaban J connectivity index is 1.21. The molecule has 196 valence electrons. The number of piperazine rings is 1. The number of pyridine rings is 2. The van der Waals surface area contributed by atoms with Gasteiger partial charge in [0, 0.05) is 48.5 Å². The number of nitrogens with zero attached hydrogens (tertiary/aromatic N) is 6. The van der Waals surface area contributed by atoms with E-state index in [4.69, 9.17) is 22.3 Å². The molecule has 1 aliphatic heterocycles. The molecule has 0 spiro atoms. The Bertz CT molecular complexity index is 1740. The van der Waals surface area contributed by atoms with Crippen molar-refractivity contribution in [3.05, 3.63) is 90.1 Å². The molecule has 0 aliphatic carbocycles. The summed E-state index contributed by atoms with van der Waals surface area (Å²) in [5.74, 6) is 0.979. The van der Waals surface area contributed by atoms with Crippen LogP contribution in [-0.2, 0) is 10.0 Å². The van der Waals surface area contributed by atoms with E-state index in [1.807, 2.05) is 54.6 Å². The van der Waals surface area contributed by atoms with Crippen LogP contribution in [0.2, 0.25) is 5.02 Å². The maximum absolute atomic E-state index is 13.0. The molecule has 4 heterocycles. The highest BCUT2D eigenvalue weighted by Crippen LogP contribution is 2.29. The quantitative estimate of drug-likeness (QED) is 0.335. The van der Waals surface area contributed by atoms with Gasteiger partial charge in [-0.25, -0.2) is 28.4 Å². The number of rotatable bonds is 5. The molecule has 3 aromatic heterocycles. The van der Waals surface area contributed by atoms with Crippen molar-refractivity contribution in [1.29, 1.82) is 0 Å². The number of hydrogen-bond donors (Lipinski definition) is 1. The Morgan fingerprint density at radius 1 is 0.769 bits per heavy atom. The predicted molar refractivity (Wildman–Crippen MR) is 153 cm³/mol. The van der Waals surface area contributed by atoms with Gasteiger partial charge in [0.2, 0.25) is 16.0 Å². The normalized spacial score (nSPS) is 14.5. The zero-order valence-electron chi connectivity index (χ0n) is 20.8. The van der Waals surface area contributed by atoms with E-state index >= 15 is 0 Å². The van der Waals surface area contributed by atoms with E-state index in [-0.39, 0.29) is 10.8 Å². The van der Waals surface area contributed by atoms with Crippen molar-refractivity contribution in [2.24, 2.45) is 0 Å². The summed E-state index contributed by atoms with van der Waals surface area (Å²) < 4.78 is 27.5. The first-order valence-electron chi connectivity index (χ1n) is 12.4. The Morgan fingerprint density at radius 3 is 2.21 bits per heavy atom. The molecule has 1 fully saturated rings. The van der Waals surface area contributed by atoms with Crippen LogP contribution in [0.1, 0.15) is 0 Å². The monoisotopic (exact) mass is 557 g/mol. The average molecular weight is 558 g/mol.